The van der Waals surface area contributed by atoms with Gasteiger partial charge in [-0.3, -0.25) is 9.59 Å². The minimum atomic E-state index is -0.699. The molecule has 0 spiro atoms. The molecule has 10 nitrogen and oxygen atoms in total. The molecule has 0 bridgehead atoms. The predicted molar refractivity (Wildman–Crippen MR) is 115 cm³/mol. The van der Waals surface area contributed by atoms with Crippen molar-refractivity contribution in [2.45, 2.75) is 84.9 Å². The first-order valence-corrected chi connectivity index (χ1v) is 11.1. The average Bonchev–Trinajstić information content (AvgIpc) is 2.68. The number of hydrogen-bond donors (Lipinski definition) is 2. The molecule has 0 saturated carbocycles. The van der Waals surface area contributed by atoms with Crippen molar-refractivity contribution in [2.24, 2.45) is 11.8 Å². The van der Waals surface area contributed by atoms with Crippen molar-refractivity contribution >= 4 is 18.0 Å². The summed E-state index contributed by atoms with van der Waals surface area (Å²) in [6, 6.07) is 0. The molecule has 1 fully saturated rings. The molecule has 0 aromatic heterocycles. The van der Waals surface area contributed by atoms with E-state index < -0.39 is 36.2 Å². The molecule has 5 atom stereocenters. The number of rotatable bonds is 11. The van der Waals surface area contributed by atoms with Crippen LogP contribution < -0.4 is 5.32 Å². The minimum Gasteiger partial charge on any atom is -0.460 e. The Morgan fingerprint density at radius 2 is 1.78 bits per heavy atom. The third-order valence-corrected chi connectivity index (χ3v) is 4.99. The van der Waals surface area contributed by atoms with E-state index in [1.165, 1.54) is 6.92 Å². The van der Waals surface area contributed by atoms with Gasteiger partial charge in [0.1, 0.15) is 24.4 Å². The van der Waals surface area contributed by atoms with Crippen LogP contribution in [0.25, 0.3) is 0 Å². The molecule has 1 amide bonds. The Bertz CT molecular complexity index is 605. The summed E-state index contributed by atoms with van der Waals surface area (Å²) in [6.07, 6.45) is -0.983. The maximum Gasteiger partial charge on any atom is 0.407 e. The highest BCUT2D eigenvalue weighted by molar-refractivity contribution is 5.69. The summed E-state index contributed by atoms with van der Waals surface area (Å²) in [5, 5.41) is 11.2. The zero-order valence-electron chi connectivity index (χ0n) is 20.0. The Morgan fingerprint density at radius 3 is 2.38 bits per heavy atom. The van der Waals surface area contributed by atoms with E-state index in [0.29, 0.717) is 25.9 Å². The van der Waals surface area contributed by atoms with Gasteiger partial charge in [0.2, 0.25) is 0 Å². The lowest BCUT2D eigenvalue weighted by Crippen LogP contribution is -2.53. The van der Waals surface area contributed by atoms with Crippen molar-refractivity contribution in [1.29, 1.82) is 0 Å². The molecule has 32 heavy (non-hydrogen) atoms. The van der Waals surface area contributed by atoms with Crippen LogP contribution in [-0.2, 0) is 33.3 Å². The van der Waals surface area contributed by atoms with Gasteiger partial charge in [-0.2, -0.15) is 0 Å². The highest BCUT2D eigenvalue weighted by atomic mass is 16.7. The van der Waals surface area contributed by atoms with Crippen LogP contribution in [0.4, 0.5) is 4.79 Å². The van der Waals surface area contributed by atoms with E-state index in [0.717, 1.165) is 0 Å². The molecule has 5 unspecified atom stereocenters. The monoisotopic (exact) mass is 461 g/mol. The summed E-state index contributed by atoms with van der Waals surface area (Å²) in [5.74, 6) is -0.874. The first kappa shape index (κ1) is 28.1. The Kier molecular flexibility index (Phi) is 11.9. The van der Waals surface area contributed by atoms with E-state index in [-0.39, 0.29) is 37.6 Å². The number of hydrogen-bond acceptors (Lipinski definition) is 9. The van der Waals surface area contributed by atoms with Crippen molar-refractivity contribution < 1.29 is 43.2 Å². The van der Waals surface area contributed by atoms with Crippen LogP contribution in [0.2, 0.25) is 0 Å². The lowest BCUT2D eigenvalue weighted by molar-refractivity contribution is -0.272. The molecule has 1 heterocycles. The quantitative estimate of drug-likeness (QED) is 0.270. The topological polar surface area (TPSA) is 130 Å². The minimum absolute atomic E-state index is 0.0696. The van der Waals surface area contributed by atoms with Gasteiger partial charge in [0, 0.05) is 38.3 Å². The fourth-order valence-corrected chi connectivity index (χ4v) is 3.29. The van der Waals surface area contributed by atoms with Gasteiger partial charge in [0.05, 0.1) is 6.61 Å². The number of aliphatic hydroxyl groups excluding tert-OH is 1. The lowest BCUT2D eigenvalue weighted by atomic mass is 9.84. The first-order chi connectivity index (χ1) is 14.9. The second-order valence-electron chi connectivity index (χ2n) is 9.00. The molecule has 0 aromatic carbocycles. The van der Waals surface area contributed by atoms with Crippen LogP contribution in [0.5, 0.6) is 0 Å². The number of nitrogens with one attached hydrogen (secondary N) is 1. The summed E-state index contributed by atoms with van der Waals surface area (Å²) in [7, 11) is 0. The van der Waals surface area contributed by atoms with E-state index in [9.17, 15) is 14.4 Å². The van der Waals surface area contributed by atoms with E-state index >= 15 is 0 Å². The van der Waals surface area contributed by atoms with Crippen molar-refractivity contribution in [3.8, 4) is 0 Å². The van der Waals surface area contributed by atoms with Crippen molar-refractivity contribution in [3.05, 3.63) is 0 Å². The van der Waals surface area contributed by atoms with Crippen LogP contribution >= 0.6 is 0 Å². The Labute approximate surface area is 190 Å². The summed E-state index contributed by atoms with van der Waals surface area (Å²) in [6.45, 7) is 10.8. The second-order valence-corrected chi connectivity index (χ2v) is 9.00. The molecular weight excluding hydrogens is 422 g/mol. The second kappa shape index (κ2) is 13.6. The molecule has 1 aliphatic heterocycles. The zero-order chi connectivity index (χ0) is 24.3. The fourth-order valence-electron chi connectivity index (χ4n) is 3.29. The summed E-state index contributed by atoms with van der Waals surface area (Å²) in [5.41, 5.74) is -0.500. The summed E-state index contributed by atoms with van der Waals surface area (Å²) < 4.78 is 27.8. The highest BCUT2D eigenvalue weighted by Crippen LogP contribution is 2.33. The van der Waals surface area contributed by atoms with Gasteiger partial charge in [-0.1, -0.05) is 13.8 Å². The van der Waals surface area contributed by atoms with E-state index in [4.69, 9.17) is 28.8 Å². The van der Waals surface area contributed by atoms with Crippen molar-refractivity contribution in [1.82, 2.24) is 5.32 Å². The Balaban J connectivity index is 2.57. The van der Waals surface area contributed by atoms with Crippen molar-refractivity contribution in [3.63, 3.8) is 0 Å². The smallest absolute Gasteiger partial charge is 0.407 e. The molecule has 0 aromatic rings. The molecule has 2 N–H and O–H groups in total. The fraction of sp³-hybridized carbons (Fsp3) is 0.864. The highest BCUT2D eigenvalue weighted by Gasteiger charge is 2.44. The van der Waals surface area contributed by atoms with Gasteiger partial charge in [-0.25, -0.2) is 4.79 Å². The zero-order valence-corrected chi connectivity index (χ0v) is 20.0. The molecule has 1 saturated heterocycles. The molecule has 10 heteroatoms. The van der Waals surface area contributed by atoms with Gasteiger partial charge in [-0.15, -0.1) is 0 Å². The van der Waals surface area contributed by atoms with Crippen LogP contribution in [0.15, 0.2) is 0 Å². The van der Waals surface area contributed by atoms with E-state index in [2.05, 4.69) is 5.32 Å². The van der Waals surface area contributed by atoms with Gasteiger partial charge >= 0.3 is 18.0 Å². The lowest BCUT2D eigenvalue weighted by Gasteiger charge is -2.43. The Morgan fingerprint density at radius 1 is 1.09 bits per heavy atom. The number of ether oxygens (including phenoxy) is 5. The number of unbranched alkanes of at least 4 members (excludes halogenated alkanes) is 1. The number of carbonyl (C=O) groups is 3. The van der Waals surface area contributed by atoms with E-state index in [1.54, 1.807) is 0 Å². The molecule has 0 aliphatic carbocycles. The SMILES string of the molecule is CC(=O)OC1C(COC(=O)NCCO)OC(OCCCCC(=O)OC(C)(C)C)C(C)C1C. The third-order valence-electron chi connectivity index (χ3n) is 4.99. The molecule has 186 valence electrons. The van der Waals surface area contributed by atoms with Gasteiger partial charge in [0.25, 0.3) is 0 Å². The molecule has 1 aliphatic rings. The standard InChI is InChI=1S/C22H39NO9/c1-14-15(2)20(28-12-8-7-9-18(26)32-22(4,5)6)31-17(19(14)30-16(3)25)13-29-21(27)23-10-11-24/h14-15,17,19-20,24H,7-13H2,1-6H3,(H,23,27). The maximum absolute atomic E-state index is 11.8. The van der Waals surface area contributed by atoms with Crippen molar-refractivity contribution in [2.75, 3.05) is 26.4 Å². The number of esters is 2. The maximum atomic E-state index is 11.8. The number of aliphatic hydroxyl groups is 1. The predicted octanol–water partition coefficient (Wildman–Crippen LogP) is 2.16. The Hall–Kier alpha value is -1.91. The first-order valence-electron chi connectivity index (χ1n) is 11.1. The summed E-state index contributed by atoms with van der Waals surface area (Å²) >= 11 is 0. The molecule has 0 radical (unpaired) electrons. The number of alkyl carbamates (subject to hydrolysis) is 1. The van der Waals surface area contributed by atoms with Gasteiger partial charge in [-0.05, 0) is 33.6 Å². The normalized spacial score (nSPS) is 25.7. The number of carbonyl (C=O) groups excluding carboxylic acids is 3. The molecular formula is C22H39NO9. The average molecular weight is 462 g/mol. The van der Waals surface area contributed by atoms with Crippen LogP contribution in [0.1, 0.15) is 60.8 Å². The van der Waals surface area contributed by atoms with Crippen LogP contribution in [0, 0.1) is 11.8 Å². The van der Waals surface area contributed by atoms with Crippen LogP contribution in [-0.4, -0.2) is 73.6 Å². The largest absolute Gasteiger partial charge is 0.460 e. The van der Waals surface area contributed by atoms with E-state index in [1.807, 2.05) is 34.6 Å². The van der Waals surface area contributed by atoms with Crippen LogP contribution in [0.3, 0.4) is 0 Å². The molecule has 1 rings (SSSR count). The summed E-state index contributed by atoms with van der Waals surface area (Å²) in [4.78, 5) is 35.1. The van der Waals surface area contributed by atoms with Gasteiger partial charge < -0.3 is 34.1 Å². The third kappa shape index (κ3) is 10.6. The number of amides is 1. The van der Waals surface area contributed by atoms with Gasteiger partial charge in [0.15, 0.2) is 6.29 Å².